The van der Waals surface area contributed by atoms with E-state index in [-0.39, 0.29) is 11.1 Å². The highest BCUT2D eigenvalue weighted by molar-refractivity contribution is 5.93. The van der Waals surface area contributed by atoms with Gasteiger partial charge in [0.25, 0.3) is 0 Å². The van der Waals surface area contributed by atoms with Gasteiger partial charge in [-0.15, -0.1) is 0 Å². The van der Waals surface area contributed by atoms with Crippen molar-refractivity contribution in [2.45, 2.75) is 11.9 Å². The van der Waals surface area contributed by atoms with Crippen LogP contribution < -0.4 is 0 Å². The third-order valence-corrected chi connectivity index (χ3v) is 2.37. The van der Waals surface area contributed by atoms with Gasteiger partial charge in [0.1, 0.15) is 0 Å². The smallest absolute Gasteiger partial charge is 0.346 e. The van der Waals surface area contributed by atoms with Crippen molar-refractivity contribution in [2.24, 2.45) is 0 Å². The highest BCUT2D eigenvalue weighted by Crippen LogP contribution is 2.13. The molecule has 0 saturated heterocycles. The molecule has 0 atom stereocenters. The molecule has 0 saturated carbocycles. The molecule has 0 heterocycles. The number of esters is 2. The second kappa shape index (κ2) is 6.50. The molecule has 0 aliphatic heterocycles. The van der Waals surface area contributed by atoms with Crippen molar-refractivity contribution in [3.05, 3.63) is 60.7 Å². The minimum atomic E-state index is -2.81. The quantitative estimate of drug-likeness (QED) is 0.318. The SMILES string of the molecule is C=CC(O)(O)OC(=O)c1ccc(C(=O)OC(O)(O)C=C)cc1. The van der Waals surface area contributed by atoms with Crippen LogP contribution in [0.1, 0.15) is 20.7 Å². The molecule has 8 heteroatoms. The van der Waals surface area contributed by atoms with Crippen molar-refractivity contribution in [1.29, 1.82) is 0 Å². The van der Waals surface area contributed by atoms with E-state index in [0.29, 0.717) is 12.2 Å². The van der Waals surface area contributed by atoms with Crippen molar-refractivity contribution in [3.8, 4) is 0 Å². The fraction of sp³-hybridized carbons (Fsp3) is 0.143. The number of carbonyl (C=O) groups excluding carboxylic acids is 2. The molecule has 4 N–H and O–H groups in total. The predicted octanol–water partition coefficient (Wildman–Crippen LogP) is -0.351. The Kier molecular flexibility index (Phi) is 5.18. The lowest BCUT2D eigenvalue weighted by Crippen LogP contribution is -2.32. The Bertz CT molecular complexity index is 532. The predicted molar refractivity (Wildman–Crippen MR) is 72.0 cm³/mol. The van der Waals surface area contributed by atoms with E-state index in [1.165, 1.54) is 0 Å². The normalized spacial score (nSPS) is 11.5. The molecule has 1 aromatic carbocycles. The summed E-state index contributed by atoms with van der Waals surface area (Å²) in [5, 5.41) is 36.4. The van der Waals surface area contributed by atoms with Gasteiger partial charge in [0, 0.05) is 12.2 Å². The maximum absolute atomic E-state index is 11.6. The first-order valence-corrected chi connectivity index (χ1v) is 5.83. The van der Waals surface area contributed by atoms with Gasteiger partial charge in [-0.2, -0.15) is 0 Å². The number of benzene rings is 1. The van der Waals surface area contributed by atoms with Crippen molar-refractivity contribution in [1.82, 2.24) is 0 Å². The molecule has 118 valence electrons. The Morgan fingerprint density at radius 2 is 1.09 bits per heavy atom. The van der Waals surface area contributed by atoms with Crippen LogP contribution in [0.2, 0.25) is 0 Å². The summed E-state index contributed by atoms with van der Waals surface area (Å²) in [6.45, 7) is 6.13. The molecule has 0 spiro atoms. The van der Waals surface area contributed by atoms with E-state index < -0.39 is 23.9 Å². The monoisotopic (exact) mass is 310 g/mol. The summed E-state index contributed by atoms with van der Waals surface area (Å²) in [4.78, 5) is 23.2. The molecule has 22 heavy (non-hydrogen) atoms. The lowest BCUT2D eigenvalue weighted by Gasteiger charge is -2.18. The Hall–Kier alpha value is -2.52. The molecular weight excluding hydrogens is 296 g/mol. The van der Waals surface area contributed by atoms with E-state index in [9.17, 15) is 9.59 Å². The summed E-state index contributed by atoms with van der Waals surface area (Å²) in [5.74, 6) is -7.78. The van der Waals surface area contributed by atoms with Crippen LogP contribution in [-0.2, 0) is 9.47 Å². The van der Waals surface area contributed by atoms with Gasteiger partial charge in [-0.25, -0.2) is 9.59 Å². The Morgan fingerprint density at radius 1 is 0.818 bits per heavy atom. The Balaban J connectivity index is 2.83. The average Bonchev–Trinajstić information content (AvgIpc) is 2.46. The highest BCUT2D eigenvalue weighted by Gasteiger charge is 2.26. The van der Waals surface area contributed by atoms with E-state index >= 15 is 0 Å². The van der Waals surface area contributed by atoms with E-state index in [1.807, 2.05) is 0 Å². The Labute approximate surface area is 125 Å². The van der Waals surface area contributed by atoms with Crippen molar-refractivity contribution in [3.63, 3.8) is 0 Å². The molecule has 1 aromatic rings. The lowest BCUT2D eigenvalue weighted by atomic mass is 10.1. The summed E-state index contributed by atoms with van der Waals surface area (Å²) in [7, 11) is 0. The highest BCUT2D eigenvalue weighted by atomic mass is 16.8. The molecular formula is C14H14O8. The maximum atomic E-state index is 11.6. The number of carbonyl (C=O) groups is 2. The van der Waals surface area contributed by atoms with Gasteiger partial charge in [-0.05, 0) is 24.3 Å². The second-order valence-electron chi connectivity index (χ2n) is 4.08. The van der Waals surface area contributed by atoms with Crippen LogP contribution in [-0.4, -0.2) is 44.3 Å². The van der Waals surface area contributed by atoms with Crippen LogP contribution in [0.4, 0.5) is 0 Å². The van der Waals surface area contributed by atoms with Crippen LogP contribution in [0.5, 0.6) is 0 Å². The molecule has 0 radical (unpaired) electrons. The fourth-order valence-corrected chi connectivity index (χ4v) is 1.22. The third-order valence-electron chi connectivity index (χ3n) is 2.37. The number of ether oxygens (including phenoxy) is 2. The standard InChI is InChI=1S/C14H14O8/c1-3-13(17,18)21-11(15)9-5-7-10(8-6-9)12(16)22-14(19,20)4-2/h3-8,17-20H,1-2H2. The first-order valence-electron chi connectivity index (χ1n) is 5.83. The van der Waals surface area contributed by atoms with Gasteiger partial charge in [0.05, 0.1) is 11.1 Å². The van der Waals surface area contributed by atoms with E-state index in [1.54, 1.807) is 0 Å². The molecule has 0 amide bonds. The number of hydrogen-bond donors (Lipinski definition) is 4. The topological polar surface area (TPSA) is 134 Å². The van der Waals surface area contributed by atoms with Crippen molar-refractivity contribution in [2.75, 3.05) is 0 Å². The fourth-order valence-electron chi connectivity index (χ4n) is 1.22. The van der Waals surface area contributed by atoms with Gasteiger partial charge in [-0.3, -0.25) is 0 Å². The number of hydrogen-bond acceptors (Lipinski definition) is 8. The van der Waals surface area contributed by atoms with Gasteiger partial charge in [-0.1, -0.05) is 13.2 Å². The minimum absolute atomic E-state index is 0.0890. The summed E-state index contributed by atoms with van der Waals surface area (Å²) < 4.78 is 8.63. The van der Waals surface area contributed by atoms with Crippen LogP contribution in [0.25, 0.3) is 0 Å². The van der Waals surface area contributed by atoms with Crippen LogP contribution >= 0.6 is 0 Å². The zero-order valence-electron chi connectivity index (χ0n) is 11.3. The summed E-state index contributed by atoms with van der Waals surface area (Å²) in [5.41, 5.74) is -0.178. The van der Waals surface area contributed by atoms with Crippen LogP contribution in [0.15, 0.2) is 49.6 Å². The molecule has 1 rings (SSSR count). The maximum Gasteiger partial charge on any atom is 0.346 e. The lowest BCUT2D eigenvalue weighted by molar-refractivity contribution is -0.272. The minimum Gasteiger partial charge on any atom is -0.401 e. The molecule has 0 bridgehead atoms. The molecule has 8 nitrogen and oxygen atoms in total. The first-order chi connectivity index (χ1) is 10.1. The number of aliphatic hydroxyl groups is 4. The van der Waals surface area contributed by atoms with E-state index in [4.69, 9.17) is 20.4 Å². The number of rotatable bonds is 6. The third kappa shape index (κ3) is 4.79. The summed E-state index contributed by atoms with van der Waals surface area (Å²) >= 11 is 0. The van der Waals surface area contributed by atoms with Crippen LogP contribution in [0.3, 0.4) is 0 Å². The van der Waals surface area contributed by atoms with Crippen molar-refractivity contribution < 1.29 is 39.5 Å². The van der Waals surface area contributed by atoms with Crippen LogP contribution in [0, 0.1) is 0 Å². The summed E-state index contributed by atoms with van der Waals surface area (Å²) in [6, 6.07) is 4.57. The summed E-state index contributed by atoms with van der Waals surface area (Å²) in [6.07, 6.45) is 1.21. The molecule has 0 aliphatic rings. The second-order valence-corrected chi connectivity index (χ2v) is 4.08. The molecule has 0 fully saturated rings. The molecule has 0 unspecified atom stereocenters. The van der Waals surface area contributed by atoms with Gasteiger partial charge >= 0.3 is 23.9 Å². The van der Waals surface area contributed by atoms with E-state index in [2.05, 4.69) is 22.6 Å². The zero-order valence-corrected chi connectivity index (χ0v) is 11.3. The first kappa shape index (κ1) is 17.5. The van der Waals surface area contributed by atoms with Gasteiger partial charge in [0.2, 0.25) is 0 Å². The molecule has 0 aromatic heterocycles. The largest absolute Gasteiger partial charge is 0.401 e. The van der Waals surface area contributed by atoms with Crippen molar-refractivity contribution >= 4 is 11.9 Å². The van der Waals surface area contributed by atoms with Gasteiger partial charge in [0.15, 0.2) is 0 Å². The zero-order chi connectivity index (χ0) is 17.0. The average molecular weight is 310 g/mol. The Morgan fingerprint density at radius 3 is 1.32 bits per heavy atom. The molecule has 0 aliphatic carbocycles. The van der Waals surface area contributed by atoms with Gasteiger partial charge < -0.3 is 29.9 Å². The van der Waals surface area contributed by atoms with E-state index in [0.717, 1.165) is 24.3 Å².